The predicted molar refractivity (Wildman–Crippen MR) is 206 cm³/mol. The number of rotatable bonds is 38. The molecule has 0 amide bonds. The lowest BCUT2D eigenvalue weighted by atomic mass is 10.0. The Balaban J connectivity index is 4.22. The fraction of sp³-hybridized carbons (Fsp3) is 0.930. The quantitative estimate of drug-likeness (QED) is 0.0364. The Morgan fingerprint density at radius 3 is 1.00 bits per heavy atom. The molecule has 290 valence electrons. The van der Waals surface area contributed by atoms with Crippen LogP contribution < -0.4 is 0 Å². The van der Waals surface area contributed by atoms with Crippen LogP contribution in [0.5, 0.6) is 0 Å². The summed E-state index contributed by atoms with van der Waals surface area (Å²) in [6, 6.07) is 0. The minimum atomic E-state index is -0.757. The van der Waals surface area contributed by atoms with Gasteiger partial charge in [-0.3, -0.25) is 14.4 Å². The molecule has 0 aliphatic rings. The van der Waals surface area contributed by atoms with Gasteiger partial charge in [-0.25, -0.2) is 0 Å². The fourth-order valence-electron chi connectivity index (χ4n) is 6.27. The summed E-state index contributed by atoms with van der Waals surface area (Å²) in [5.74, 6) is -0.0638. The zero-order chi connectivity index (χ0) is 36.0. The first-order chi connectivity index (χ1) is 23.9. The lowest BCUT2D eigenvalue weighted by Crippen LogP contribution is -2.30. The number of carbonyl (C=O) groups excluding carboxylic acids is 3. The van der Waals surface area contributed by atoms with Gasteiger partial charge in [-0.05, 0) is 25.2 Å². The van der Waals surface area contributed by atoms with Crippen LogP contribution in [0.4, 0.5) is 0 Å². The monoisotopic (exact) mass is 695 g/mol. The topological polar surface area (TPSA) is 78.9 Å². The van der Waals surface area contributed by atoms with Crippen molar-refractivity contribution in [1.29, 1.82) is 0 Å². The van der Waals surface area contributed by atoms with E-state index in [0.717, 1.165) is 70.1 Å². The van der Waals surface area contributed by atoms with Gasteiger partial charge >= 0.3 is 17.9 Å². The molecule has 0 saturated carbocycles. The van der Waals surface area contributed by atoms with Gasteiger partial charge in [-0.15, -0.1) is 0 Å². The van der Waals surface area contributed by atoms with Gasteiger partial charge in [0, 0.05) is 19.3 Å². The molecule has 0 spiro atoms. The summed E-state index contributed by atoms with van der Waals surface area (Å²) >= 11 is 0. The van der Waals surface area contributed by atoms with Gasteiger partial charge in [0.2, 0.25) is 0 Å². The van der Waals surface area contributed by atoms with Crippen molar-refractivity contribution in [2.45, 2.75) is 239 Å². The van der Waals surface area contributed by atoms with E-state index in [2.05, 4.69) is 27.7 Å². The highest BCUT2D eigenvalue weighted by atomic mass is 16.6. The molecule has 0 N–H and O–H groups in total. The average Bonchev–Trinajstić information content (AvgIpc) is 3.08. The molecule has 0 rings (SSSR count). The first kappa shape index (κ1) is 47.4. The minimum absolute atomic E-state index is 0.0656. The van der Waals surface area contributed by atoms with Gasteiger partial charge in [0.15, 0.2) is 6.10 Å². The van der Waals surface area contributed by atoms with Crippen LogP contribution in [0.15, 0.2) is 0 Å². The number of hydrogen-bond acceptors (Lipinski definition) is 6. The van der Waals surface area contributed by atoms with E-state index in [1.54, 1.807) is 0 Å². The molecule has 6 nitrogen and oxygen atoms in total. The van der Waals surface area contributed by atoms with E-state index in [-0.39, 0.29) is 31.1 Å². The molecule has 0 heterocycles. The first-order valence-electron chi connectivity index (χ1n) is 21.4. The van der Waals surface area contributed by atoms with Crippen LogP contribution in [-0.2, 0) is 28.6 Å². The highest BCUT2D eigenvalue weighted by Gasteiger charge is 2.19. The smallest absolute Gasteiger partial charge is 0.306 e. The molecular weight excluding hydrogens is 612 g/mol. The van der Waals surface area contributed by atoms with Crippen molar-refractivity contribution in [2.24, 2.45) is 5.92 Å². The van der Waals surface area contributed by atoms with E-state index >= 15 is 0 Å². The summed E-state index contributed by atoms with van der Waals surface area (Å²) in [4.78, 5) is 37.4. The second kappa shape index (κ2) is 37.7. The zero-order valence-electron chi connectivity index (χ0n) is 33.1. The number of hydrogen-bond donors (Lipinski definition) is 0. The Morgan fingerprint density at radius 2 is 0.673 bits per heavy atom. The number of ether oxygens (including phenoxy) is 3. The first-order valence-corrected chi connectivity index (χ1v) is 21.4. The van der Waals surface area contributed by atoms with E-state index in [9.17, 15) is 14.4 Å². The van der Waals surface area contributed by atoms with Crippen LogP contribution in [0.25, 0.3) is 0 Å². The Bertz CT molecular complexity index is 736. The highest BCUT2D eigenvalue weighted by molar-refractivity contribution is 5.71. The van der Waals surface area contributed by atoms with Crippen molar-refractivity contribution in [2.75, 3.05) is 13.2 Å². The van der Waals surface area contributed by atoms with E-state index in [4.69, 9.17) is 14.2 Å². The third-order valence-electron chi connectivity index (χ3n) is 9.54. The average molecular weight is 695 g/mol. The molecule has 0 radical (unpaired) electrons. The van der Waals surface area contributed by atoms with Gasteiger partial charge in [0.05, 0.1) is 0 Å². The van der Waals surface area contributed by atoms with Gasteiger partial charge in [-0.2, -0.15) is 0 Å². The Kier molecular flexibility index (Phi) is 36.4. The van der Waals surface area contributed by atoms with Crippen LogP contribution >= 0.6 is 0 Å². The number of esters is 3. The van der Waals surface area contributed by atoms with Crippen molar-refractivity contribution in [3.8, 4) is 0 Å². The Labute approximate surface area is 304 Å². The lowest BCUT2D eigenvalue weighted by Gasteiger charge is -2.18. The van der Waals surface area contributed by atoms with Crippen LogP contribution in [0.1, 0.15) is 233 Å². The third-order valence-corrected chi connectivity index (χ3v) is 9.54. The molecule has 6 heteroatoms. The van der Waals surface area contributed by atoms with Crippen molar-refractivity contribution in [1.82, 2.24) is 0 Å². The van der Waals surface area contributed by atoms with Gasteiger partial charge in [0.25, 0.3) is 0 Å². The molecule has 0 unspecified atom stereocenters. The number of carbonyl (C=O) groups is 3. The van der Waals surface area contributed by atoms with Crippen LogP contribution in [-0.4, -0.2) is 37.2 Å². The SMILES string of the molecule is CCCCCCCCCCCCCCCCC(=O)O[C@@H](COC(=O)CCCCCCC)COC(=O)CCCCCCCCCCCC(C)C. The summed E-state index contributed by atoms with van der Waals surface area (Å²) in [5, 5.41) is 0. The lowest BCUT2D eigenvalue weighted by molar-refractivity contribution is -0.167. The van der Waals surface area contributed by atoms with Gasteiger partial charge < -0.3 is 14.2 Å². The second-order valence-electron chi connectivity index (χ2n) is 15.1. The minimum Gasteiger partial charge on any atom is -0.462 e. The molecule has 1 atom stereocenters. The molecule has 0 aliphatic carbocycles. The van der Waals surface area contributed by atoms with E-state index in [1.165, 1.54) is 122 Å². The Morgan fingerprint density at radius 1 is 0.388 bits per heavy atom. The van der Waals surface area contributed by atoms with Crippen LogP contribution in [0.3, 0.4) is 0 Å². The molecular formula is C43H82O6. The molecule has 0 aliphatic heterocycles. The summed E-state index contributed by atoms with van der Waals surface area (Å²) in [6.45, 7) is 8.88. The van der Waals surface area contributed by atoms with Crippen molar-refractivity contribution in [3.05, 3.63) is 0 Å². The third kappa shape index (κ3) is 37.5. The van der Waals surface area contributed by atoms with Crippen LogP contribution in [0.2, 0.25) is 0 Å². The maximum atomic E-state index is 12.6. The van der Waals surface area contributed by atoms with E-state index in [1.807, 2.05) is 0 Å². The largest absolute Gasteiger partial charge is 0.462 e. The summed E-state index contributed by atoms with van der Waals surface area (Å²) in [7, 11) is 0. The van der Waals surface area contributed by atoms with Crippen LogP contribution in [0, 0.1) is 5.92 Å². The van der Waals surface area contributed by atoms with E-state index < -0.39 is 6.10 Å². The van der Waals surface area contributed by atoms with Gasteiger partial charge in [0.1, 0.15) is 13.2 Å². The summed E-state index contributed by atoms with van der Waals surface area (Å²) in [5.41, 5.74) is 0. The Hall–Kier alpha value is -1.59. The molecule has 49 heavy (non-hydrogen) atoms. The van der Waals surface area contributed by atoms with E-state index in [0.29, 0.717) is 19.3 Å². The summed E-state index contributed by atoms with van der Waals surface area (Å²) < 4.78 is 16.6. The second-order valence-corrected chi connectivity index (χ2v) is 15.1. The normalized spacial score (nSPS) is 11.9. The predicted octanol–water partition coefficient (Wildman–Crippen LogP) is 13.2. The molecule has 0 saturated heterocycles. The number of unbranched alkanes of at least 4 members (excludes halogenated alkanes) is 25. The van der Waals surface area contributed by atoms with Gasteiger partial charge in [-0.1, -0.05) is 195 Å². The molecule has 0 bridgehead atoms. The highest BCUT2D eigenvalue weighted by Crippen LogP contribution is 2.16. The standard InChI is InChI=1S/C43H82O6/c1-5-7-9-11-12-13-14-15-16-17-20-24-28-32-36-43(46)49-40(37-47-41(44)34-30-25-10-8-6-2)38-48-42(45)35-31-27-23-21-18-19-22-26-29-33-39(3)4/h39-40H,5-38H2,1-4H3/t40-/m0/s1. The molecule has 0 aromatic rings. The molecule has 0 aromatic heterocycles. The zero-order valence-corrected chi connectivity index (χ0v) is 33.1. The van der Waals surface area contributed by atoms with Crippen molar-refractivity contribution in [3.63, 3.8) is 0 Å². The van der Waals surface area contributed by atoms with Crippen molar-refractivity contribution >= 4 is 17.9 Å². The summed E-state index contributed by atoms with van der Waals surface area (Å²) in [6.07, 6.45) is 35.4. The fourth-order valence-corrected chi connectivity index (χ4v) is 6.27. The van der Waals surface area contributed by atoms with Crippen molar-refractivity contribution < 1.29 is 28.6 Å². The molecule has 0 fully saturated rings. The molecule has 0 aromatic carbocycles. The maximum absolute atomic E-state index is 12.6. The maximum Gasteiger partial charge on any atom is 0.306 e.